The van der Waals surface area contributed by atoms with Crippen LogP contribution in [0.25, 0.3) is 60.5 Å². The maximum absolute atomic E-state index is 15.8. The van der Waals surface area contributed by atoms with Gasteiger partial charge >= 0.3 is 0 Å². The summed E-state index contributed by atoms with van der Waals surface area (Å²) in [6, 6.07) is 53.8. The monoisotopic (exact) mass is 886 g/mol. The molecule has 0 radical (unpaired) electrons. The number of hydrogen-bond acceptors (Lipinski definition) is 6. The Hall–Kier alpha value is -4.64. The van der Waals surface area contributed by atoms with Crippen LogP contribution in [0.4, 0.5) is 0 Å². The third-order valence-corrected chi connectivity index (χ3v) is 23.9. The van der Waals surface area contributed by atoms with Crippen molar-refractivity contribution in [2.45, 2.75) is 39.5 Å². The first-order valence-electron chi connectivity index (χ1n) is 20.6. The number of thiophene rings is 4. The van der Waals surface area contributed by atoms with E-state index in [0.717, 1.165) is 65.5 Å². The fourth-order valence-corrected chi connectivity index (χ4v) is 21.0. The second-order valence-corrected chi connectivity index (χ2v) is 25.8. The minimum Gasteiger partial charge on any atom is -0.308 e. The molecule has 0 saturated carbocycles. The highest BCUT2D eigenvalue weighted by molar-refractivity contribution is 7.90. The van der Waals surface area contributed by atoms with E-state index in [9.17, 15) is 0 Å². The topological polar surface area (TPSA) is 34.1 Å². The molecule has 60 heavy (non-hydrogen) atoms. The summed E-state index contributed by atoms with van der Waals surface area (Å²) >= 11 is 7.21. The average molecular weight is 887 g/mol. The largest absolute Gasteiger partial charge is 0.308 e. The van der Waals surface area contributed by atoms with Gasteiger partial charge in [0.15, 0.2) is 14.3 Å². The van der Waals surface area contributed by atoms with Crippen LogP contribution >= 0.6 is 59.6 Å². The van der Waals surface area contributed by atoms with E-state index in [2.05, 4.69) is 50.2 Å². The maximum atomic E-state index is 15.8. The van der Waals surface area contributed by atoms with Crippen LogP contribution in [0.15, 0.2) is 158 Å². The van der Waals surface area contributed by atoms with E-state index in [1.807, 2.05) is 144 Å². The first-order chi connectivity index (χ1) is 29.4. The van der Waals surface area contributed by atoms with Gasteiger partial charge < -0.3 is 9.13 Å². The lowest BCUT2D eigenvalue weighted by molar-refractivity contribution is 0.592. The smallest absolute Gasteiger partial charge is 0.180 e. The molecule has 0 aliphatic heterocycles. The number of benzene rings is 7. The van der Waals surface area contributed by atoms with Gasteiger partial charge in [-0.05, 0) is 60.4 Å². The molecule has 0 saturated heterocycles. The molecule has 0 fully saturated rings. The Morgan fingerprint density at radius 3 is 1.02 bits per heavy atom. The summed E-state index contributed by atoms with van der Waals surface area (Å²) in [5, 5.41) is 10.9. The lowest BCUT2D eigenvalue weighted by Crippen LogP contribution is -2.23. The van der Waals surface area contributed by atoms with E-state index in [-0.39, 0.29) is 0 Å². The van der Waals surface area contributed by atoms with Gasteiger partial charge in [0.1, 0.15) is 0 Å². The van der Waals surface area contributed by atoms with Gasteiger partial charge in [-0.25, -0.2) is 0 Å². The molecule has 4 heterocycles. The number of hydrogen-bond donors (Lipinski definition) is 0. The van der Waals surface area contributed by atoms with Crippen molar-refractivity contribution in [3.8, 4) is 0 Å². The summed E-state index contributed by atoms with van der Waals surface area (Å²) in [6.45, 7) is 4.60. The first-order valence-corrected chi connectivity index (χ1v) is 27.3. The second-order valence-electron chi connectivity index (χ2n) is 15.5. The Labute approximate surface area is 365 Å². The highest BCUT2D eigenvalue weighted by atomic mass is 32.1. The van der Waals surface area contributed by atoms with Crippen LogP contribution in [-0.2, 0) is 22.0 Å². The van der Waals surface area contributed by atoms with Crippen LogP contribution in [0.3, 0.4) is 0 Å². The van der Waals surface area contributed by atoms with Gasteiger partial charge in [-0.3, -0.25) is 0 Å². The van der Waals surface area contributed by atoms with Crippen molar-refractivity contribution in [1.29, 1.82) is 0 Å². The van der Waals surface area contributed by atoms with Crippen molar-refractivity contribution in [2.75, 3.05) is 0 Å². The van der Waals surface area contributed by atoms with E-state index in [1.54, 1.807) is 22.7 Å². The Morgan fingerprint density at radius 1 is 0.383 bits per heavy atom. The molecule has 0 bridgehead atoms. The molecule has 11 rings (SSSR count). The molecule has 0 aliphatic carbocycles. The Morgan fingerprint density at radius 2 is 0.700 bits per heavy atom. The summed E-state index contributed by atoms with van der Waals surface area (Å²) in [6.07, 6.45) is 4.18. The molecule has 7 aromatic carbocycles. The molecular formula is C52H40O2P2S4. The molecule has 0 atom stereocenters. The van der Waals surface area contributed by atoms with Gasteiger partial charge in [0, 0.05) is 81.7 Å². The zero-order valence-corrected chi connectivity index (χ0v) is 38.2. The fraction of sp³-hybridized carbons (Fsp3) is 0.115. The molecular weight excluding hydrogens is 847 g/mol. The molecule has 0 aliphatic rings. The van der Waals surface area contributed by atoms with Gasteiger partial charge in [-0.15, -0.1) is 45.3 Å². The predicted molar refractivity (Wildman–Crippen MR) is 270 cm³/mol. The van der Waals surface area contributed by atoms with Gasteiger partial charge in [0.2, 0.25) is 0 Å². The van der Waals surface area contributed by atoms with Crippen LogP contribution in [0.2, 0.25) is 0 Å². The summed E-state index contributed by atoms with van der Waals surface area (Å²) in [5.74, 6) is 0. The van der Waals surface area contributed by atoms with Crippen LogP contribution in [0.1, 0.15) is 37.8 Å². The van der Waals surface area contributed by atoms with E-state index < -0.39 is 14.3 Å². The van der Waals surface area contributed by atoms with Crippen molar-refractivity contribution >= 4 is 151 Å². The van der Waals surface area contributed by atoms with Crippen molar-refractivity contribution < 1.29 is 9.13 Å². The molecule has 8 heteroatoms. The van der Waals surface area contributed by atoms with Crippen LogP contribution in [-0.4, -0.2) is 0 Å². The average Bonchev–Trinajstić information content (AvgIpc) is 4.11. The summed E-state index contributed by atoms with van der Waals surface area (Å²) in [5.41, 5.74) is 2.97. The van der Waals surface area contributed by atoms with Crippen molar-refractivity contribution in [1.82, 2.24) is 0 Å². The zero-order chi connectivity index (χ0) is 40.6. The van der Waals surface area contributed by atoms with Gasteiger partial charge in [-0.2, -0.15) is 0 Å². The summed E-state index contributed by atoms with van der Waals surface area (Å²) in [4.78, 5) is 0. The highest BCUT2D eigenvalue weighted by Crippen LogP contribution is 2.54. The lowest BCUT2D eigenvalue weighted by Gasteiger charge is -2.17. The van der Waals surface area contributed by atoms with Crippen molar-refractivity contribution in [3.63, 3.8) is 0 Å². The summed E-state index contributed by atoms with van der Waals surface area (Å²) in [7, 11) is -6.36. The Kier molecular flexibility index (Phi) is 9.62. The molecule has 0 spiro atoms. The SMILES string of the molecule is CCCc1c(CCC)c2sc3ccc4sc(P(=O)(c5ccccc5)c5ccccc5)cc4c3c2c2c1sc1ccc3sc(P(=O)(c4ccccc4)c4ccccc4)cc3c12. The van der Waals surface area contributed by atoms with Crippen molar-refractivity contribution in [3.05, 3.63) is 169 Å². The molecule has 294 valence electrons. The minimum atomic E-state index is -3.18. The fourth-order valence-electron chi connectivity index (χ4n) is 9.27. The third-order valence-electron chi connectivity index (χ3n) is 11.9. The Balaban J connectivity index is 1.26. The van der Waals surface area contributed by atoms with Gasteiger partial charge in [0.05, 0.1) is 9.24 Å². The first kappa shape index (κ1) is 38.3. The quantitative estimate of drug-likeness (QED) is 0.128. The minimum absolute atomic E-state index is 0.855. The molecule has 11 aromatic rings. The van der Waals surface area contributed by atoms with E-state index >= 15 is 9.13 Å². The molecule has 0 unspecified atom stereocenters. The van der Waals surface area contributed by atoms with Crippen molar-refractivity contribution in [2.24, 2.45) is 0 Å². The second kappa shape index (κ2) is 15.1. The predicted octanol–water partition coefficient (Wildman–Crippen LogP) is 14.0. The normalized spacial score (nSPS) is 12.6. The highest BCUT2D eigenvalue weighted by Gasteiger charge is 2.34. The number of fused-ring (bicyclic) bond motifs is 11. The molecule has 0 amide bonds. The molecule has 4 aromatic heterocycles. The number of rotatable bonds is 10. The number of aryl methyl sites for hydroxylation is 2. The van der Waals surface area contributed by atoms with Gasteiger partial charge in [-0.1, -0.05) is 148 Å². The van der Waals surface area contributed by atoms with E-state index in [1.165, 1.54) is 62.2 Å². The third kappa shape index (κ3) is 5.76. The van der Waals surface area contributed by atoms with Gasteiger partial charge in [0.25, 0.3) is 0 Å². The standard InChI is InChI=1S/C52H40O2P2S4/c1-3-17-37-38(18-4-2)52-50(48-40-32-46(58-42(40)28-30-44(48)60-52)56(54,35-23-13-7-14-24-35)36-25-15-8-16-26-36)49-47-39-31-45(57-41(39)27-29-43(47)59-51(37)49)55(53,33-19-9-5-10-20-33)34-21-11-6-12-22-34/h5-16,19-32H,3-4,17-18H2,1-2H3. The van der Waals surface area contributed by atoms with Crippen LogP contribution in [0.5, 0.6) is 0 Å². The van der Waals surface area contributed by atoms with E-state index in [0.29, 0.717) is 0 Å². The Bertz CT molecular complexity index is 3190. The summed E-state index contributed by atoms with van der Waals surface area (Å²) < 4.78 is 40.9. The lowest BCUT2D eigenvalue weighted by atomic mass is 9.92. The van der Waals surface area contributed by atoms with Crippen LogP contribution < -0.4 is 30.5 Å². The molecule has 0 N–H and O–H groups in total. The van der Waals surface area contributed by atoms with Crippen LogP contribution in [0, 0.1) is 0 Å². The van der Waals surface area contributed by atoms with E-state index in [4.69, 9.17) is 0 Å². The zero-order valence-electron chi connectivity index (χ0n) is 33.2. The maximum Gasteiger partial charge on any atom is 0.180 e. The molecule has 2 nitrogen and oxygen atoms in total.